The smallest absolute Gasteiger partial charge is 0.239 e. The number of aromatic nitrogens is 1. The molecule has 1 saturated heterocycles. The van der Waals surface area contributed by atoms with E-state index in [4.69, 9.17) is 4.74 Å². The summed E-state index contributed by atoms with van der Waals surface area (Å²) in [6, 6.07) is 23.0. The van der Waals surface area contributed by atoms with Crippen LogP contribution in [-0.2, 0) is 17.9 Å². The monoisotopic (exact) mass is 542 g/mol. The Morgan fingerprint density at radius 2 is 1.77 bits per heavy atom. The molecule has 0 radical (unpaired) electrons. The fourth-order valence-corrected chi connectivity index (χ4v) is 5.29. The molecule has 1 atom stereocenters. The van der Waals surface area contributed by atoms with Gasteiger partial charge in [0.2, 0.25) is 5.91 Å². The van der Waals surface area contributed by atoms with Crippen LogP contribution in [0, 0.1) is 5.92 Å². The average Bonchev–Trinajstić information content (AvgIpc) is 3.49. The number of ether oxygens (including phenoxy) is 1. The van der Waals surface area contributed by atoms with Crippen LogP contribution in [0.3, 0.4) is 0 Å². The van der Waals surface area contributed by atoms with E-state index >= 15 is 0 Å². The number of likely N-dealkylation sites (tertiary alicyclic amines) is 1. The van der Waals surface area contributed by atoms with Crippen LogP contribution < -0.4 is 15.0 Å². The maximum absolute atomic E-state index is 13.6. The van der Waals surface area contributed by atoms with Crippen LogP contribution in [0.5, 0.6) is 5.75 Å². The fraction of sp³-hybridized carbons (Fsp3) is 0.441. The number of piperidine rings is 1. The summed E-state index contributed by atoms with van der Waals surface area (Å²) >= 11 is 0. The summed E-state index contributed by atoms with van der Waals surface area (Å²) in [6.45, 7) is 12.3. The van der Waals surface area contributed by atoms with E-state index in [-0.39, 0.29) is 11.9 Å². The zero-order chi connectivity index (χ0) is 28.3. The molecule has 2 N–H and O–H groups in total. The zero-order valence-electron chi connectivity index (χ0n) is 24.6. The molecule has 2 aromatic carbocycles. The Bertz CT molecular complexity index is 1180. The standard InChI is InChI=1S/C34H46N4O2/c1-26(2)16-22-38(30-12-14-32(15-13-30)40-25-28-9-6-5-7-10-28)31-17-20-37(21-18-31)34(39)33(23-27(3)4)36-24-29-11-8-19-35-29/h5-16,19,27,31,33,35-36H,17-18,20-25H2,1-4H3. The number of carbonyl (C=O) groups excluding carboxylic acids is 1. The molecule has 1 fully saturated rings. The third-order valence-electron chi connectivity index (χ3n) is 7.54. The Labute approximate surface area is 240 Å². The van der Waals surface area contributed by atoms with Crippen molar-refractivity contribution >= 4 is 11.6 Å². The van der Waals surface area contributed by atoms with Gasteiger partial charge in [0, 0.05) is 49.8 Å². The predicted molar refractivity (Wildman–Crippen MR) is 164 cm³/mol. The highest BCUT2D eigenvalue weighted by atomic mass is 16.5. The highest BCUT2D eigenvalue weighted by Crippen LogP contribution is 2.27. The number of benzene rings is 2. The lowest BCUT2D eigenvalue weighted by molar-refractivity contribution is -0.135. The van der Waals surface area contributed by atoms with Gasteiger partial charge in [0.1, 0.15) is 12.4 Å². The molecule has 1 aliphatic heterocycles. The molecule has 1 aromatic heterocycles. The van der Waals surface area contributed by atoms with E-state index in [1.54, 1.807) is 0 Å². The molecule has 0 bridgehead atoms. The van der Waals surface area contributed by atoms with Crippen molar-refractivity contribution < 1.29 is 9.53 Å². The molecule has 6 heteroatoms. The van der Waals surface area contributed by atoms with Crippen LogP contribution in [0.15, 0.2) is 84.6 Å². The predicted octanol–water partition coefficient (Wildman–Crippen LogP) is 6.56. The Morgan fingerprint density at radius 1 is 1.05 bits per heavy atom. The van der Waals surface area contributed by atoms with Gasteiger partial charge in [0.05, 0.1) is 6.04 Å². The Morgan fingerprint density at radius 3 is 2.40 bits per heavy atom. The summed E-state index contributed by atoms with van der Waals surface area (Å²) in [5.41, 5.74) is 4.77. The molecule has 1 aliphatic rings. The van der Waals surface area contributed by atoms with Crippen molar-refractivity contribution in [3.8, 4) is 5.75 Å². The van der Waals surface area contributed by atoms with Crippen molar-refractivity contribution in [3.63, 3.8) is 0 Å². The third-order valence-corrected chi connectivity index (χ3v) is 7.54. The van der Waals surface area contributed by atoms with Gasteiger partial charge in [-0.25, -0.2) is 0 Å². The summed E-state index contributed by atoms with van der Waals surface area (Å²) < 4.78 is 6.02. The van der Waals surface area contributed by atoms with Gasteiger partial charge in [0.25, 0.3) is 0 Å². The van der Waals surface area contributed by atoms with Crippen molar-refractivity contribution in [1.82, 2.24) is 15.2 Å². The maximum atomic E-state index is 13.6. The SMILES string of the molecule is CC(C)=CCN(c1ccc(OCc2ccccc2)cc1)C1CCN(C(=O)C(CC(C)C)NCc2ccc[nH]2)CC1. The number of nitrogens with one attached hydrogen (secondary N) is 2. The molecular weight excluding hydrogens is 496 g/mol. The number of carbonyl (C=O) groups is 1. The van der Waals surface area contributed by atoms with Crippen LogP contribution in [0.2, 0.25) is 0 Å². The van der Waals surface area contributed by atoms with Gasteiger partial charge in [-0.3, -0.25) is 4.79 Å². The second-order valence-corrected chi connectivity index (χ2v) is 11.5. The van der Waals surface area contributed by atoms with Crippen LogP contribution in [0.1, 0.15) is 58.2 Å². The number of allylic oxidation sites excluding steroid dienone is 1. The van der Waals surface area contributed by atoms with Gasteiger partial charge >= 0.3 is 0 Å². The number of rotatable bonds is 13. The minimum Gasteiger partial charge on any atom is -0.489 e. The fourth-order valence-electron chi connectivity index (χ4n) is 5.29. The van der Waals surface area contributed by atoms with Crippen LogP contribution in [-0.4, -0.2) is 47.5 Å². The first-order valence-corrected chi connectivity index (χ1v) is 14.7. The first kappa shape index (κ1) is 29.5. The van der Waals surface area contributed by atoms with Gasteiger partial charge in [-0.1, -0.05) is 55.8 Å². The van der Waals surface area contributed by atoms with Crippen molar-refractivity contribution in [3.05, 3.63) is 95.8 Å². The molecule has 0 spiro atoms. The van der Waals surface area contributed by atoms with Crippen molar-refractivity contribution in [2.24, 2.45) is 5.92 Å². The maximum Gasteiger partial charge on any atom is 0.239 e. The van der Waals surface area contributed by atoms with Crippen LogP contribution in [0.25, 0.3) is 0 Å². The van der Waals surface area contributed by atoms with Crippen LogP contribution in [0.4, 0.5) is 5.69 Å². The first-order valence-electron chi connectivity index (χ1n) is 14.7. The van der Waals surface area contributed by atoms with Crippen molar-refractivity contribution in [2.45, 2.75) is 72.2 Å². The lowest BCUT2D eigenvalue weighted by Gasteiger charge is -2.40. The van der Waals surface area contributed by atoms with E-state index in [9.17, 15) is 4.79 Å². The minimum absolute atomic E-state index is 0.162. The summed E-state index contributed by atoms with van der Waals surface area (Å²) in [4.78, 5) is 21.4. The quantitative estimate of drug-likeness (QED) is 0.240. The molecule has 1 amide bonds. The normalized spacial score (nSPS) is 14.7. The second-order valence-electron chi connectivity index (χ2n) is 11.5. The van der Waals surface area contributed by atoms with E-state index in [0.29, 0.717) is 25.1 Å². The van der Waals surface area contributed by atoms with E-state index in [0.717, 1.165) is 55.9 Å². The number of hydrogen-bond acceptors (Lipinski definition) is 4. The molecule has 3 aromatic rings. The average molecular weight is 543 g/mol. The van der Waals surface area contributed by atoms with Gasteiger partial charge < -0.3 is 24.8 Å². The first-order chi connectivity index (χ1) is 19.4. The topological polar surface area (TPSA) is 60.6 Å². The summed E-state index contributed by atoms with van der Waals surface area (Å²) in [5.74, 6) is 1.55. The zero-order valence-corrected chi connectivity index (χ0v) is 24.6. The molecule has 40 heavy (non-hydrogen) atoms. The highest BCUT2D eigenvalue weighted by molar-refractivity contribution is 5.82. The van der Waals surface area contributed by atoms with Crippen molar-refractivity contribution in [2.75, 3.05) is 24.5 Å². The Hall–Kier alpha value is -3.51. The molecular formula is C34H46N4O2. The summed E-state index contributed by atoms with van der Waals surface area (Å²) in [6.07, 6.45) is 6.97. The molecule has 214 valence electrons. The van der Waals surface area contributed by atoms with Gasteiger partial charge in [-0.05, 0) is 81.0 Å². The van der Waals surface area contributed by atoms with Gasteiger partial charge in [0.15, 0.2) is 0 Å². The number of aromatic amines is 1. The van der Waals surface area contributed by atoms with Gasteiger partial charge in [-0.15, -0.1) is 0 Å². The third kappa shape index (κ3) is 8.75. The van der Waals surface area contributed by atoms with Gasteiger partial charge in [-0.2, -0.15) is 0 Å². The Balaban J connectivity index is 1.37. The molecule has 0 saturated carbocycles. The molecule has 2 heterocycles. The van der Waals surface area contributed by atoms with E-state index in [1.807, 2.05) is 30.5 Å². The lowest BCUT2D eigenvalue weighted by atomic mass is 9.98. The highest BCUT2D eigenvalue weighted by Gasteiger charge is 2.30. The minimum atomic E-state index is -0.162. The Kier molecular flexibility index (Phi) is 10.9. The van der Waals surface area contributed by atoms with E-state index in [2.05, 4.69) is 96.3 Å². The number of amides is 1. The molecule has 0 aliphatic carbocycles. The number of H-pyrrole nitrogens is 1. The molecule has 1 unspecified atom stereocenters. The van der Waals surface area contributed by atoms with E-state index in [1.165, 1.54) is 11.3 Å². The number of nitrogens with zero attached hydrogens (tertiary/aromatic N) is 2. The largest absolute Gasteiger partial charge is 0.489 e. The van der Waals surface area contributed by atoms with Crippen LogP contribution >= 0.6 is 0 Å². The molecule has 6 nitrogen and oxygen atoms in total. The molecule has 4 rings (SSSR count). The number of anilines is 1. The van der Waals surface area contributed by atoms with Crippen molar-refractivity contribution in [1.29, 1.82) is 0 Å². The summed E-state index contributed by atoms with van der Waals surface area (Å²) in [7, 11) is 0. The lowest BCUT2D eigenvalue weighted by Crippen LogP contribution is -2.52. The second kappa shape index (κ2) is 14.8. The number of hydrogen-bond donors (Lipinski definition) is 2. The summed E-state index contributed by atoms with van der Waals surface area (Å²) in [5, 5.41) is 3.52. The van der Waals surface area contributed by atoms with E-state index < -0.39 is 0 Å².